The zero-order chi connectivity index (χ0) is 15.6. The van der Waals surface area contributed by atoms with Crippen LogP contribution in [0.25, 0.3) is 0 Å². The van der Waals surface area contributed by atoms with Crippen LogP contribution in [0.5, 0.6) is 5.75 Å². The Kier molecular flexibility index (Phi) is 4.04. The van der Waals surface area contributed by atoms with Crippen molar-refractivity contribution in [2.75, 3.05) is 17.6 Å². The Morgan fingerprint density at radius 3 is 2.52 bits per heavy atom. The molecule has 0 saturated heterocycles. The molecule has 1 heterocycles. The molecule has 0 fully saturated rings. The average molecular weight is 307 g/mol. The third-order valence-corrected chi connectivity index (χ3v) is 4.37. The summed E-state index contributed by atoms with van der Waals surface area (Å²) >= 11 is 0. The Balaban J connectivity index is 2.47. The molecule has 1 aromatic carbocycles. The van der Waals surface area contributed by atoms with Gasteiger partial charge in [0, 0.05) is 11.9 Å². The minimum Gasteiger partial charge on any atom is -0.495 e. The number of nitrogen functional groups attached to an aromatic ring is 1. The molecule has 0 aliphatic heterocycles. The van der Waals surface area contributed by atoms with Crippen molar-refractivity contribution in [3.63, 3.8) is 0 Å². The number of nitrogens with two attached hydrogens (primary N) is 1. The molecule has 6 nitrogen and oxygen atoms in total. The molecular weight excluding hydrogens is 290 g/mol. The second-order valence-electron chi connectivity index (χ2n) is 4.72. The van der Waals surface area contributed by atoms with E-state index >= 15 is 0 Å². The lowest BCUT2D eigenvalue weighted by molar-refractivity contribution is 0.402. The second-order valence-corrected chi connectivity index (χ2v) is 6.37. The van der Waals surface area contributed by atoms with E-state index in [9.17, 15) is 8.42 Å². The number of anilines is 2. The monoisotopic (exact) mass is 307 g/mol. The van der Waals surface area contributed by atoms with E-state index in [1.54, 1.807) is 25.3 Å². The van der Waals surface area contributed by atoms with Crippen molar-refractivity contribution < 1.29 is 13.2 Å². The largest absolute Gasteiger partial charge is 0.495 e. The molecule has 0 amide bonds. The number of methoxy groups -OCH3 is 1. The number of aryl methyl sites for hydroxylation is 2. The van der Waals surface area contributed by atoms with Gasteiger partial charge < -0.3 is 10.5 Å². The highest BCUT2D eigenvalue weighted by atomic mass is 32.2. The molecule has 0 radical (unpaired) electrons. The molecule has 21 heavy (non-hydrogen) atoms. The van der Waals surface area contributed by atoms with Gasteiger partial charge in [-0.2, -0.15) is 0 Å². The maximum absolute atomic E-state index is 12.5. The predicted molar refractivity (Wildman–Crippen MR) is 81.9 cm³/mol. The summed E-state index contributed by atoms with van der Waals surface area (Å²) in [4.78, 5) is 3.95. The highest BCUT2D eigenvalue weighted by molar-refractivity contribution is 7.92. The number of nitrogens with one attached hydrogen (secondary N) is 1. The third kappa shape index (κ3) is 3.25. The summed E-state index contributed by atoms with van der Waals surface area (Å²) in [5.41, 5.74) is 8.18. The minimum atomic E-state index is -3.81. The van der Waals surface area contributed by atoms with Crippen molar-refractivity contribution in [1.29, 1.82) is 0 Å². The number of pyridine rings is 1. The van der Waals surface area contributed by atoms with Crippen LogP contribution in [0.3, 0.4) is 0 Å². The fourth-order valence-electron chi connectivity index (χ4n) is 1.87. The molecule has 0 bridgehead atoms. The first-order valence-corrected chi connectivity index (χ1v) is 7.70. The van der Waals surface area contributed by atoms with E-state index in [0.29, 0.717) is 11.4 Å². The Labute approximate surface area is 124 Å². The summed E-state index contributed by atoms with van der Waals surface area (Å²) in [5.74, 6) is 0.245. The molecule has 0 aliphatic carbocycles. The van der Waals surface area contributed by atoms with Crippen LogP contribution in [0.15, 0.2) is 35.5 Å². The van der Waals surface area contributed by atoms with Crippen LogP contribution < -0.4 is 15.2 Å². The van der Waals surface area contributed by atoms with Crippen LogP contribution in [-0.2, 0) is 10.0 Å². The van der Waals surface area contributed by atoms with E-state index in [2.05, 4.69) is 9.71 Å². The van der Waals surface area contributed by atoms with Gasteiger partial charge in [-0.15, -0.1) is 0 Å². The summed E-state index contributed by atoms with van der Waals surface area (Å²) < 4.78 is 32.6. The number of sulfonamides is 1. The van der Waals surface area contributed by atoms with E-state index < -0.39 is 10.0 Å². The lowest BCUT2D eigenvalue weighted by Gasteiger charge is -2.13. The first-order chi connectivity index (χ1) is 9.83. The van der Waals surface area contributed by atoms with Gasteiger partial charge in [-0.3, -0.25) is 9.71 Å². The molecule has 0 unspecified atom stereocenters. The van der Waals surface area contributed by atoms with Crippen molar-refractivity contribution in [2.45, 2.75) is 18.7 Å². The van der Waals surface area contributed by atoms with Gasteiger partial charge in [0.1, 0.15) is 10.6 Å². The Bertz CT molecular complexity index is 773. The molecule has 0 aliphatic rings. The summed E-state index contributed by atoms with van der Waals surface area (Å²) in [6.07, 6.45) is 3.08. The van der Waals surface area contributed by atoms with Crippen LogP contribution in [0, 0.1) is 13.8 Å². The fourth-order valence-corrected chi connectivity index (χ4v) is 3.09. The average Bonchev–Trinajstić information content (AvgIpc) is 2.40. The predicted octanol–water partition coefficient (Wildman–Crippen LogP) is 2.09. The van der Waals surface area contributed by atoms with Gasteiger partial charge in [-0.1, -0.05) is 0 Å². The van der Waals surface area contributed by atoms with Gasteiger partial charge in [-0.25, -0.2) is 8.42 Å². The summed E-state index contributed by atoms with van der Waals surface area (Å²) in [6.45, 7) is 3.61. The van der Waals surface area contributed by atoms with Crippen molar-refractivity contribution in [3.8, 4) is 5.75 Å². The molecule has 1 aromatic heterocycles. The number of rotatable bonds is 4. The molecular formula is C14H17N3O3S. The maximum atomic E-state index is 12.5. The van der Waals surface area contributed by atoms with E-state index in [1.807, 2.05) is 6.92 Å². The van der Waals surface area contributed by atoms with Gasteiger partial charge in [0.25, 0.3) is 10.0 Å². The van der Waals surface area contributed by atoms with Crippen molar-refractivity contribution in [3.05, 3.63) is 41.7 Å². The Hall–Kier alpha value is -2.28. The third-order valence-electron chi connectivity index (χ3n) is 2.97. The molecule has 0 atom stereocenters. The Morgan fingerprint density at radius 1 is 1.19 bits per heavy atom. The zero-order valence-corrected chi connectivity index (χ0v) is 12.9. The maximum Gasteiger partial charge on any atom is 0.265 e. The first kappa shape index (κ1) is 15.1. The number of benzene rings is 1. The topological polar surface area (TPSA) is 94.3 Å². The van der Waals surface area contributed by atoms with Crippen molar-refractivity contribution >= 4 is 21.4 Å². The highest BCUT2D eigenvalue weighted by Crippen LogP contribution is 2.30. The number of aromatic nitrogens is 1. The molecule has 0 spiro atoms. The number of ether oxygens (including phenoxy) is 1. The van der Waals surface area contributed by atoms with E-state index in [1.165, 1.54) is 19.4 Å². The molecule has 3 N–H and O–H groups in total. The summed E-state index contributed by atoms with van der Waals surface area (Å²) in [5, 5.41) is 0. The van der Waals surface area contributed by atoms with Gasteiger partial charge >= 0.3 is 0 Å². The van der Waals surface area contributed by atoms with Gasteiger partial charge in [0.15, 0.2) is 0 Å². The lowest BCUT2D eigenvalue weighted by atomic mass is 10.2. The normalized spacial score (nSPS) is 11.2. The SMILES string of the molecule is COc1cc(C)c(N)cc1S(=O)(=O)Nc1cncc(C)c1. The number of hydrogen-bond donors (Lipinski definition) is 2. The van der Waals surface area contributed by atoms with Crippen molar-refractivity contribution in [1.82, 2.24) is 4.98 Å². The van der Waals surface area contributed by atoms with Gasteiger partial charge in [0.2, 0.25) is 0 Å². The second kappa shape index (κ2) is 5.61. The summed E-state index contributed by atoms with van der Waals surface area (Å²) in [6, 6.07) is 4.67. The fraction of sp³-hybridized carbons (Fsp3) is 0.214. The molecule has 2 rings (SSSR count). The highest BCUT2D eigenvalue weighted by Gasteiger charge is 2.21. The quantitative estimate of drug-likeness (QED) is 0.843. The molecule has 0 saturated carbocycles. The van der Waals surface area contributed by atoms with Gasteiger partial charge in [-0.05, 0) is 43.2 Å². The van der Waals surface area contributed by atoms with Gasteiger partial charge in [0.05, 0.1) is 19.0 Å². The number of hydrogen-bond acceptors (Lipinski definition) is 5. The lowest BCUT2D eigenvalue weighted by Crippen LogP contribution is -2.15. The molecule has 2 aromatic rings. The van der Waals surface area contributed by atoms with Crippen LogP contribution in [0.4, 0.5) is 11.4 Å². The van der Waals surface area contributed by atoms with E-state index in [0.717, 1.165) is 11.1 Å². The smallest absolute Gasteiger partial charge is 0.265 e. The summed E-state index contributed by atoms with van der Waals surface area (Å²) in [7, 11) is -2.39. The number of nitrogens with zero attached hydrogens (tertiary/aromatic N) is 1. The van der Waals surface area contributed by atoms with E-state index in [4.69, 9.17) is 10.5 Å². The van der Waals surface area contributed by atoms with Crippen molar-refractivity contribution in [2.24, 2.45) is 0 Å². The van der Waals surface area contributed by atoms with Crippen LogP contribution in [-0.4, -0.2) is 20.5 Å². The first-order valence-electron chi connectivity index (χ1n) is 6.22. The zero-order valence-electron chi connectivity index (χ0n) is 12.0. The minimum absolute atomic E-state index is 0.00499. The Morgan fingerprint density at radius 2 is 1.90 bits per heavy atom. The van der Waals surface area contributed by atoms with Crippen LogP contribution >= 0.6 is 0 Å². The van der Waals surface area contributed by atoms with Crippen LogP contribution in [0.2, 0.25) is 0 Å². The van der Waals surface area contributed by atoms with E-state index in [-0.39, 0.29) is 10.6 Å². The standard InChI is InChI=1S/C14H17N3O3S/c1-9-4-11(8-16-7-9)17-21(18,19)14-6-12(15)10(2)5-13(14)20-3/h4-8,17H,15H2,1-3H3. The molecule has 7 heteroatoms. The van der Waals surface area contributed by atoms with Crippen LogP contribution in [0.1, 0.15) is 11.1 Å². The molecule has 112 valence electrons.